The van der Waals surface area contributed by atoms with Crippen molar-refractivity contribution >= 4 is 22.9 Å². The van der Waals surface area contributed by atoms with E-state index in [1.54, 1.807) is 24.4 Å². The van der Waals surface area contributed by atoms with Crippen molar-refractivity contribution in [1.82, 2.24) is 24.1 Å². The van der Waals surface area contributed by atoms with Gasteiger partial charge in [-0.3, -0.25) is 14.0 Å². The highest BCUT2D eigenvalue weighted by atomic mass is 16.2. The van der Waals surface area contributed by atoms with Gasteiger partial charge in [0, 0.05) is 31.2 Å². The van der Waals surface area contributed by atoms with Crippen LogP contribution in [0.1, 0.15) is 54.7 Å². The SMILES string of the molecule is O=C(NCc1cn2cc(NCCC3CCCCC3)ccc2n1)c1cc(=O)n2ccccc2n1. The van der Waals surface area contributed by atoms with Crippen molar-refractivity contribution in [3.63, 3.8) is 0 Å². The number of nitrogens with zero attached hydrogens (tertiary/aromatic N) is 4. The molecule has 1 aliphatic carbocycles. The number of carbonyl (C=O) groups is 1. The summed E-state index contributed by atoms with van der Waals surface area (Å²) in [6, 6.07) is 10.5. The molecule has 1 fully saturated rings. The summed E-state index contributed by atoms with van der Waals surface area (Å²) in [6.07, 6.45) is 13.6. The Labute approximate surface area is 191 Å². The highest BCUT2D eigenvalue weighted by Gasteiger charge is 2.13. The third kappa shape index (κ3) is 4.89. The molecule has 5 rings (SSSR count). The predicted molar refractivity (Wildman–Crippen MR) is 128 cm³/mol. The molecular formula is C25H28N6O2. The van der Waals surface area contributed by atoms with Crippen LogP contribution in [0.2, 0.25) is 0 Å². The normalized spacial score (nSPS) is 14.5. The Morgan fingerprint density at radius 2 is 1.91 bits per heavy atom. The summed E-state index contributed by atoms with van der Waals surface area (Å²) in [7, 11) is 0. The van der Waals surface area contributed by atoms with Gasteiger partial charge in [-0.25, -0.2) is 9.97 Å². The van der Waals surface area contributed by atoms with E-state index in [1.807, 2.05) is 28.9 Å². The maximum atomic E-state index is 12.6. The molecule has 4 heterocycles. The molecule has 33 heavy (non-hydrogen) atoms. The van der Waals surface area contributed by atoms with Crippen LogP contribution in [-0.4, -0.2) is 31.2 Å². The summed E-state index contributed by atoms with van der Waals surface area (Å²) in [5.74, 6) is 0.451. The molecule has 0 unspecified atom stereocenters. The van der Waals surface area contributed by atoms with Gasteiger partial charge in [0.2, 0.25) is 0 Å². The average molecular weight is 445 g/mol. The number of imidazole rings is 1. The average Bonchev–Trinajstić information content (AvgIpc) is 3.25. The van der Waals surface area contributed by atoms with E-state index >= 15 is 0 Å². The van der Waals surface area contributed by atoms with E-state index in [4.69, 9.17) is 0 Å². The molecule has 8 heteroatoms. The lowest BCUT2D eigenvalue weighted by Crippen LogP contribution is -2.27. The monoisotopic (exact) mass is 444 g/mol. The quantitative estimate of drug-likeness (QED) is 0.454. The first kappa shape index (κ1) is 21.2. The van der Waals surface area contributed by atoms with Crippen LogP contribution in [0.4, 0.5) is 5.69 Å². The molecule has 2 N–H and O–H groups in total. The summed E-state index contributed by atoms with van der Waals surface area (Å²) in [6.45, 7) is 1.23. The van der Waals surface area contributed by atoms with Gasteiger partial charge in [-0.15, -0.1) is 0 Å². The Hall–Kier alpha value is -3.68. The molecule has 4 aromatic rings. The number of amides is 1. The molecule has 1 amide bonds. The first-order valence-corrected chi connectivity index (χ1v) is 11.6. The molecule has 170 valence electrons. The highest BCUT2D eigenvalue weighted by Crippen LogP contribution is 2.26. The zero-order valence-electron chi connectivity index (χ0n) is 18.5. The lowest BCUT2D eigenvalue weighted by molar-refractivity contribution is 0.0945. The maximum Gasteiger partial charge on any atom is 0.270 e. The molecule has 0 aliphatic heterocycles. The number of pyridine rings is 2. The van der Waals surface area contributed by atoms with Gasteiger partial charge >= 0.3 is 0 Å². The lowest BCUT2D eigenvalue weighted by atomic mass is 9.87. The molecule has 0 spiro atoms. The smallest absolute Gasteiger partial charge is 0.270 e. The minimum absolute atomic E-state index is 0.0967. The molecule has 0 atom stereocenters. The van der Waals surface area contributed by atoms with Crippen molar-refractivity contribution in [2.45, 2.75) is 45.1 Å². The fraction of sp³-hybridized carbons (Fsp3) is 0.360. The lowest BCUT2D eigenvalue weighted by Gasteiger charge is -2.21. The van der Waals surface area contributed by atoms with Crippen molar-refractivity contribution in [3.05, 3.63) is 76.7 Å². The summed E-state index contributed by atoms with van der Waals surface area (Å²) in [5, 5.41) is 6.34. The van der Waals surface area contributed by atoms with Crippen molar-refractivity contribution in [2.75, 3.05) is 11.9 Å². The molecule has 1 aliphatic rings. The van der Waals surface area contributed by atoms with E-state index in [0.717, 1.165) is 29.5 Å². The summed E-state index contributed by atoms with van der Waals surface area (Å²) < 4.78 is 3.37. The topological polar surface area (TPSA) is 92.8 Å². The fourth-order valence-electron chi connectivity index (χ4n) is 4.56. The number of hydrogen-bond acceptors (Lipinski definition) is 5. The van der Waals surface area contributed by atoms with Crippen LogP contribution in [0.3, 0.4) is 0 Å². The molecular weight excluding hydrogens is 416 g/mol. The van der Waals surface area contributed by atoms with Gasteiger partial charge in [-0.1, -0.05) is 38.2 Å². The Bertz CT molecular complexity index is 1340. The van der Waals surface area contributed by atoms with Crippen LogP contribution in [0.25, 0.3) is 11.3 Å². The van der Waals surface area contributed by atoms with Crippen LogP contribution in [0.5, 0.6) is 0 Å². The number of aromatic nitrogens is 4. The number of rotatable bonds is 7. The van der Waals surface area contributed by atoms with Gasteiger partial charge in [0.15, 0.2) is 0 Å². The largest absolute Gasteiger partial charge is 0.384 e. The second-order valence-corrected chi connectivity index (χ2v) is 8.73. The van der Waals surface area contributed by atoms with Crippen LogP contribution in [0, 0.1) is 5.92 Å². The van der Waals surface area contributed by atoms with E-state index in [9.17, 15) is 9.59 Å². The van der Waals surface area contributed by atoms with Gasteiger partial charge in [0.1, 0.15) is 17.0 Å². The third-order valence-electron chi connectivity index (χ3n) is 6.34. The van der Waals surface area contributed by atoms with E-state index in [2.05, 4.69) is 20.6 Å². The summed E-state index contributed by atoms with van der Waals surface area (Å²) >= 11 is 0. The minimum atomic E-state index is -0.402. The van der Waals surface area contributed by atoms with E-state index < -0.39 is 5.91 Å². The zero-order chi connectivity index (χ0) is 22.6. The highest BCUT2D eigenvalue weighted by molar-refractivity contribution is 5.92. The number of nitrogens with one attached hydrogen (secondary N) is 2. The number of carbonyl (C=O) groups excluding carboxylic acids is 1. The molecule has 0 aromatic carbocycles. The first-order valence-electron chi connectivity index (χ1n) is 11.6. The molecule has 1 saturated carbocycles. The molecule has 0 saturated heterocycles. The van der Waals surface area contributed by atoms with E-state index in [0.29, 0.717) is 5.65 Å². The Morgan fingerprint density at radius 1 is 1.03 bits per heavy atom. The van der Waals surface area contributed by atoms with Gasteiger partial charge in [0.05, 0.1) is 17.9 Å². The van der Waals surface area contributed by atoms with Crippen molar-refractivity contribution in [1.29, 1.82) is 0 Å². The van der Waals surface area contributed by atoms with Crippen molar-refractivity contribution in [3.8, 4) is 0 Å². The van der Waals surface area contributed by atoms with Crippen molar-refractivity contribution < 1.29 is 4.79 Å². The van der Waals surface area contributed by atoms with Gasteiger partial charge in [0.25, 0.3) is 11.5 Å². The fourth-order valence-corrected chi connectivity index (χ4v) is 4.56. The zero-order valence-corrected chi connectivity index (χ0v) is 18.5. The minimum Gasteiger partial charge on any atom is -0.384 e. The molecule has 0 bridgehead atoms. The molecule has 8 nitrogen and oxygen atoms in total. The Balaban J connectivity index is 1.20. The molecule has 4 aromatic heterocycles. The van der Waals surface area contributed by atoms with Crippen LogP contribution >= 0.6 is 0 Å². The Morgan fingerprint density at radius 3 is 2.79 bits per heavy atom. The predicted octanol–water partition coefficient (Wildman–Crippen LogP) is 3.65. The number of hydrogen-bond donors (Lipinski definition) is 2. The first-order chi connectivity index (χ1) is 16.2. The summed E-state index contributed by atoms with van der Waals surface area (Å²) in [5.41, 5.74) is 2.86. The number of anilines is 1. The van der Waals surface area contributed by atoms with Gasteiger partial charge in [-0.2, -0.15) is 0 Å². The Kier molecular flexibility index (Phi) is 6.06. The second kappa shape index (κ2) is 9.44. The van der Waals surface area contributed by atoms with Crippen molar-refractivity contribution in [2.24, 2.45) is 5.92 Å². The summed E-state index contributed by atoms with van der Waals surface area (Å²) in [4.78, 5) is 33.6. The number of fused-ring (bicyclic) bond motifs is 2. The molecule has 0 radical (unpaired) electrons. The standard InChI is InChI=1S/C25H28N6O2/c32-24-14-21(29-23-8-4-5-13-31(23)24)25(33)27-15-20-17-30-16-19(9-10-22(30)28-20)26-12-11-18-6-2-1-3-7-18/h4-5,8-10,13-14,16-18,26H,1-3,6-7,11-12,15H2,(H,27,33). The van der Waals surface area contributed by atoms with Crippen LogP contribution in [0.15, 0.2) is 59.8 Å². The van der Waals surface area contributed by atoms with E-state index in [1.165, 1.54) is 49.0 Å². The van der Waals surface area contributed by atoms with Gasteiger partial charge < -0.3 is 15.0 Å². The van der Waals surface area contributed by atoms with Crippen LogP contribution in [-0.2, 0) is 6.54 Å². The van der Waals surface area contributed by atoms with Gasteiger partial charge in [-0.05, 0) is 36.6 Å². The van der Waals surface area contributed by atoms with Crippen LogP contribution < -0.4 is 16.2 Å². The third-order valence-corrected chi connectivity index (χ3v) is 6.34. The maximum absolute atomic E-state index is 12.6. The van der Waals surface area contributed by atoms with E-state index in [-0.39, 0.29) is 17.8 Å². The second-order valence-electron chi connectivity index (χ2n) is 8.73.